The molecule has 0 radical (unpaired) electrons. The van der Waals surface area contributed by atoms with E-state index in [4.69, 9.17) is 0 Å². The van der Waals surface area contributed by atoms with Crippen molar-refractivity contribution in [2.24, 2.45) is 0 Å². The van der Waals surface area contributed by atoms with Crippen molar-refractivity contribution in [3.05, 3.63) is 59.4 Å². The highest BCUT2D eigenvalue weighted by Gasteiger charge is 2.26. The van der Waals surface area contributed by atoms with Gasteiger partial charge in [0.15, 0.2) is 0 Å². The van der Waals surface area contributed by atoms with Crippen molar-refractivity contribution in [1.29, 1.82) is 0 Å². The molecule has 106 valence electrons. The van der Waals surface area contributed by atoms with Gasteiger partial charge in [0.25, 0.3) is 0 Å². The maximum absolute atomic E-state index is 3.76. The van der Waals surface area contributed by atoms with E-state index in [0.29, 0.717) is 12.0 Å². The third kappa shape index (κ3) is 2.60. The lowest BCUT2D eigenvalue weighted by Gasteiger charge is -2.34. The second kappa shape index (κ2) is 5.74. The zero-order valence-corrected chi connectivity index (χ0v) is 12.5. The summed E-state index contributed by atoms with van der Waals surface area (Å²) in [5.41, 5.74) is 7.82. The summed E-state index contributed by atoms with van der Waals surface area (Å²) in [6.45, 7) is 4.33. The molecule has 1 saturated carbocycles. The fourth-order valence-electron chi connectivity index (χ4n) is 3.42. The molecule has 0 bridgehead atoms. The van der Waals surface area contributed by atoms with Crippen LogP contribution in [0.25, 0.3) is 0 Å². The van der Waals surface area contributed by atoms with Gasteiger partial charge in [-0.15, -0.1) is 0 Å². The molecule has 1 fully saturated rings. The fraction of sp³-hybridized carbons (Fsp3) is 0.444. The van der Waals surface area contributed by atoms with E-state index in [1.54, 1.807) is 0 Å². The second-order valence-corrected chi connectivity index (χ2v) is 5.99. The Labute approximate surface area is 121 Å². The Bertz CT molecular complexity index is 537. The van der Waals surface area contributed by atoms with E-state index >= 15 is 0 Å². The van der Waals surface area contributed by atoms with Gasteiger partial charge in [-0.1, -0.05) is 43.2 Å². The normalized spacial score (nSPS) is 22.7. The zero-order chi connectivity index (χ0) is 13.9. The SMILES string of the molecule is Cc1ccc(C)n1NC1CCCCC1c1ccccc1. The average Bonchev–Trinajstić information content (AvgIpc) is 2.81. The van der Waals surface area contributed by atoms with Crippen LogP contribution in [0.1, 0.15) is 48.6 Å². The van der Waals surface area contributed by atoms with E-state index in [2.05, 4.69) is 66.4 Å². The highest BCUT2D eigenvalue weighted by molar-refractivity contribution is 5.24. The van der Waals surface area contributed by atoms with E-state index in [-0.39, 0.29) is 0 Å². The van der Waals surface area contributed by atoms with Crippen molar-refractivity contribution in [1.82, 2.24) is 4.68 Å². The fourth-order valence-corrected chi connectivity index (χ4v) is 3.42. The minimum atomic E-state index is 0.538. The zero-order valence-electron chi connectivity index (χ0n) is 12.5. The third-order valence-electron chi connectivity index (χ3n) is 4.56. The van der Waals surface area contributed by atoms with Crippen molar-refractivity contribution >= 4 is 0 Å². The second-order valence-electron chi connectivity index (χ2n) is 5.99. The van der Waals surface area contributed by atoms with Gasteiger partial charge in [-0.25, -0.2) is 0 Å². The summed E-state index contributed by atoms with van der Waals surface area (Å²) in [5.74, 6) is 0.631. The van der Waals surface area contributed by atoms with Crippen LogP contribution < -0.4 is 5.43 Å². The summed E-state index contributed by atoms with van der Waals surface area (Å²) in [6, 6.07) is 15.9. The van der Waals surface area contributed by atoms with Crippen LogP contribution in [0.4, 0.5) is 0 Å². The van der Waals surface area contributed by atoms with Gasteiger partial charge in [0, 0.05) is 23.3 Å². The Morgan fingerprint density at radius 2 is 1.55 bits per heavy atom. The van der Waals surface area contributed by atoms with Crippen LogP contribution >= 0.6 is 0 Å². The summed E-state index contributed by atoms with van der Waals surface area (Å²) in [7, 11) is 0. The number of benzene rings is 1. The standard InChI is InChI=1S/C18H24N2/c1-14-12-13-15(2)20(14)19-18-11-7-6-10-17(18)16-8-4-3-5-9-16/h3-5,8-9,12-13,17-19H,6-7,10-11H2,1-2H3. The van der Waals surface area contributed by atoms with Crippen LogP contribution in [0.3, 0.4) is 0 Å². The highest BCUT2D eigenvalue weighted by Crippen LogP contribution is 2.33. The van der Waals surface area contributed by atoms with E-state index in [1.165, 1.54) is 42.6 Å². The number of rotatable bonds is 3. The number of hydrogen-bond donors (Lipinski definition) is 1. The average molecular weight is 268 g/mol. The molecule has 1 aromatic heterocycles. The van der Waals surface area contributed by atoms with Crippen molar-refractivity contribution in [3.63, 3.8) is 0 Å². The minimum absolute atomic E-state index is 0.538. The smallest absolute Gasteiger partial charge is 0.0493 e. The number of aryl methyl sites for hydroxylation is 2. The molecule has 2 aromatic rings. The lowest BCUT2D eigenvalue weighted by atomic mass is 9.80. The Hall–Kier alpha value is -1.70. The van der Waals surface area contributed by atoms with E-state index < -0.39 is 0 Å². The molecule has 2 atom stereocenters. The van der Waals surface area contributed by atoms with Crippen molar-refractivity contribution < 1.29 is 0 Å². The maximum atomic E-state index is 3.76. The topological polar surface area (TPSA) is 17.0 Å². The predicted molar refractivity (Wildman–Crippen MR) is 84.7 cm³/mol. The van der Waals surface area contributed by atoms with Gasteiger partial charge in [-0.2, -0.15) is 0 Å². The predicted octanol–water partition coefficient (Wildman–Crippen LogP) is 4.37. The van der Waals surface area contributed by atoms with Gasteiger partial charge in [0.1, 0.15) is 0 Å². The first kappa shape index (κ1) is 13.3. The van der Waals surface area contributed by atoms with E-state index in [1.807, 2.05) is 0 Å². The van der Waals surface area contributed by atoms with Gasteiger partial charge < -0.3 is 5.43 Å². The molecular weight excluding hydrogens is 244 g/mol. The van der Waals surface area contributed by atoms with Crippen LogP contribution in [-0.4, -0.2) is 10.7 Å². The molecule has 2 heteroatoms. The molecule has 3 rings (SSSR count). The molecule has 1 aromatic carbocycles. The molecule has 1 heterocycles. The number of aromatic nitrogens is 1. The molecule has 0 amide bonds. The molecular formula is C18H24N2. The van der Waals surface area contributed by atoms with Gasteiger partial charge >= 0.3 is 0 Å². The first-order valence-corrected chi connectivity index (χ1v) is 7.72. The molecule has 0 aliphatic heterocycles. The summed E-state index contributed by atoms with van der Waals surface area (Å²) in [6.07, 6.45) is 5.24. The van der Waals surface area contributed by atoms with Crippen molar-refractivity contribution in [2.45, 2.75) is 51.5 Å². The first-order chi connectivity index (χ1) is 9.75. The molecule has 2 nitrogen and oxygen atoms in total. The molecule has 1 aliphatic rings. The maximum Gasteiger partial charge on any atom is 0.0493 e. The lowest BCUT2D eigenvalue weighted by Crippen LogP contribution is -2.36. The van der Waals surface area contributed by atoms with Gasteiger partial charge in [-0.05, 0) is 44.4 Å². The Kier molecular flexibility index (Phi) is 3.81. The Morgan fingerprint density at radius 1 is 0.900 bits per heavy atom. The third-order valence-corrected chi connectivity index (χ3v) is 4.56. The Balaban J connectivity index is 1.83. The number of nitrogens with zero attached hydrogens (tertiary/aromatic N) is 1. The van der Waals surface area contributed by atoms with Crippen molar-refractivity contribution in [3.8, 4) is 0 Å². The van der Waals surface area contributed by atoms with Gasteiger partial charge in [-0.3, -0.25) is 4.68 Å². The van der Waals surface area contributed by atoms with Crippen LogP contribution in [-0.2, 0) is 0 Å². The van der Waals surface area contributed by atoms with Gasteiger partial charge in [0.05, 0.1) is 0 Å². The minimum Gasteiger partial charge on any atom is -0.322 e. The van der Waals surface area contributed by atoms with Crippen molar-refractivity contribution in [2.75, 3.05) is 5.43 Å². The van der Waals surface area contributed by atoms with Gasteiger partial charge in [0.2, 0.25) is 0 Å². The highest BCUT2D eigenvalue weighted by atomic mass is 15.4. The molecule has 0 spiro atoms. The molecule has 1 aliphatic carbocycles. The lowest BCUT2D eigenvalue weighted by molar-refractivity contribution is 0.383. The van der Waals surface area contributed by atoms with E-state index in [0.717, 1.165) is 0 Å². The summed E-state index contributed by atoms with van der Waals surface area (Å²) in [5, 5.41) is 0. The monoisotopic (exact) mass is 268 g/mol. The van der Waals surface area contributed by atoms with Crippen LogP contribution in [0, 0.1) is 13.8 Å². The van der Waals surface area contributed by atoms with E-state index in [9.17, 15) is 0 Å². The quantitative estimate of drug-likeness (QED) is 0.874. The summed E-state index contributed by atoms with van der Waals surface area (Å²) >= 11 is 0. The van der Waals surface area contributed by atoms with Crippen LogP contribution in [0.15, 0.2) is 42.5 Å². The van der Waals surface area contributed by atoms with Crippen LogP contribution in [0.5, 0.6) is 0 Å². The molecule has 0 saturated heterocycles. The Morgan fingerprint density at radius 3 is 2.25 bits per heavy atom. The largest absolute Gasteiger partial charge is 0.322 e. The molecule has 2 unspecified atom stereocenters. The number of nitrogens with one attached hydrogen (secondary N) is 1. The summed E-state index contributed by atoms with van der Waals surface area (Å²) < 4.78 is 2.26. The first-order valence-electron chi connectivity index (χ1n) is 7.72. The number of hydrogen-bond acceptors (Lipinski definition) is 1. The molecule has 20 heavy (non-hydrogen) atoms. The van der Waals surface area contributed by atoms with Crippen LogP contribution in [0.2, 0.25) is 0 Å². The summed E-state index contributed by atoms with van der Waals surface area (Å²) in [4.78, 5) is 0. The molecule has 1 N–H and O–H groups in total.